The number of terminal acetylenes is 1. The van der Waals surface area contributed by atoms with Crippen molar-refractivity contribution < 1.29 is 0 Å². The number of aryl methyl sites for hydroxylation is 2. The van der Waals surface area contributed by atoms with E-state index >= 15 is 0 Å². The zero-order valence-corrected chi connectivity index (χ0v) is 14.4. The summed E-state index contributed by atoms with van der Waals surface area (Å²) in [4.78, 5) is 42.5. The number of hydrogen-bond acceptors (Lipinski definition) is 4. The van der Waals surface area contributed by atoms with Gasteiger partial charge in [0.25, 0.3) is 11.1 Å². The largest absolute Gasteiger partial charge is 0.332 e. The minimum Gasteiger partial charge on any atom is -0.296 e. The summed E-state index contributed by atoms with van der Waals surface area (Å²) in [7, 11) is 4.46. The van der Waals surface area contributed by atoms with Crippen molar-refractivity contribution in [2.24, 2.45) is 21.1 Å². The van der Waals surface area contributed by atoms with Crippen molar-refractivity contribution in [3.05, 3.63) is 61.0 Å². The van der Waals surface area contributed by atoms with Crippen LogP contribution in [0.15, 0.2) is 38.6 Å². The molecule has 0 spiro atoms. The van der Waals surface area contributed by atoms with Crippen LogP contribution in [0.2, 0.25) is 0 Å². The monoisotopic (exact) mass is 346 g/mol. The lowest BCUT2D eigenvalue weighted by atomic mass is 10.1. The number of aromatic nitrogens is 4. The van der Waals surface area contributed by atoms with E-state index in [2.05, 4.69) is 10.9 Å². The first kappa shape index (κ1) is 15.8. The summed E-state index contributed by atoms with van der Waals surface area (Å²) >= 11 is 0. The molecule has 0 fully saturated rings. The summed E-state index contributed by atoms with van der Waals surface area (Å²) in [5, 5.41) is 1.28. The molecule has 0 atom stereocenters. The van der Waals surface area contributed by atoms with Crippen molar-refractivity contribution in [2.75, 3.05) is 0 Å². The first-order valence-corrected chi connectivity index (χ1v) is 7.85. The molecule has 3 heterocycles. The average molecular weight is 346 g/mol. The highest BCUT2D eigenvalue weighted by molar-refractivity contribution is 6.05. The molecule has 0 bridgehead atoms. The first-order valence-electron chi connectivity index (χ1n) is 7.85. The van der Waals surface area contributed by atoms with Gasteiger partial charge in [-0.15, -0.1) is 6.42 Å². The van der Waals surface area contributed by atoms with Gasteiger partial charge >= 0.3 is 5.69 Å². The van der Waals surface area contributed by atoms with E-state index in [9.17, 15) is 14.4 Å². The molecule has 4 aromatic rings. The summed E-state index contributed by atoms with van der Waals surface area (Å²) in [5.41, 5.74) is 0.398. The molecule has 0 aliphatic heterocycles. The van der Waals surface area contributed by atoms with Crippen LogP contribution in [0, 0.1) is 12.3 Å². The van der Waals surface area contributed by atoms with Crippen molar-refractivity contribution in [3.63, 3.8) is 0 Å². The maximum absolute atomic E-state index is 12.8. The Balaban J connectivity index is 2.41. The summed E-state index contributed by atoms with van der Waals surface area (Å²) in [6, 6.07) is 6.98. The van der Waals surface area contributed by atoms with Gasteiger partial charge in [-0.25, -0.2) is 9.78 Å². The lowest BCUT2D eigenvalue weighted by Gasteiger charge is -2.13. The Labute approximate surface area is 146 Å². The topological polar surface area (TPSA) is 78.9 Å². The molecule has 7 heteroatoms. The summed E-state index contributed by atoms with van der Waals surface area (Å²) < 4.78 is 3.60. The third kappa shape index (κ3) is 1.90. The van der Waals surface area contributed by atoms with E-state index in [0.29, 0.717) is 16.5 Å². The average Bonchev–Trinajstić information content (AvgIpc) is 2.65. The highest BCUT2D eigenvalue weighted by Gasteiger charge is 2.18. The molecule has 1 aromatic carbocycles. The second-order valence-electron chi connectivity index (χ2n) is 6.20. The fraction of sp³-hybridized carbons (Fsp3) is 0.158. The Morgan fingerprint density at radius 1 is 0.962 bits per heavy atom. The van der Waals surface area contributed by atoms with Gasteiger partial charge in [-0.1, -0.05) is 12.0 Å². The van der Waals surface area contributed by atoms with Crippen molar-refractivity contribution in [1.82, 2.24) is 18.7 Å². The van der Waals surface area contributed by atoms with Crippen LogP contribution in [0.4, 0.5) is 0 Å². The summed E-state index contributed by atoms with van der Waals surface area (Å²) in [5.74, 6) is 2.54. The molecule has 0 aliphatic rings. The zero-order chi connectivity index (χ0) is 18.7. The van der Waals surface area contributed by atoms with Gasteiger partial charge in [-0.05, 0) is 18.2 Å². The number of hydrogen-bond donors (Lipinski definition) is 0. The Kier molecular flexibility index (Phi) is 3.15. The van der Waals surface area contributed by atoms with E-state index < -0.39 is 11.2 Å². The van der Waals surface area contributed by atoms with Crippen molar-refractivity contribution >= 4 is 32.8 Å². The number of nitrogens with zero attached hydrogens (tertiary/aromatic N) is 4. The molecule has 0 radical (unpaired) electrons. The molecule has 0 saturated heterocycles. The van der Waals surface area contributed by atoms with E-state index in [0.717, 1.165) is 9.95 Å². The SMILES string of the molecule is C#Cc1ccc2cc3c(=O)n(C)c4c(c(=O)n(C)c(=O)n4C)c3nc2c1. The van der Waals surface area contributed by atoms with Gasteiger partial charge in [-0.3, -0.25) is 23.3 Å². The van der Waals surface area contributed by atoms with Crippen molar-refractivity contribution in [3.8, 4) is 12.3 Å². The minimum absolute atomic E-state index is 0.222. The lowest BCUT2D eigenvalue weighted by molar-refractivity contribution is 0.691. The third-order valence-corrected chi connectivity index (χ3v) is 4.71. The Hall–Kier alpha value is -3.66. The Bertz CT molecular complexity index is 1480. The van der Waals surface area contributed by atoms with Crippen LogP contribution in [0.1, 0.15) is 5.56 Å². The number of pyridine rings is 2. The van der Waals surface area contributed by atoms with E-state index in [4.69, 9.17) is 6.42 Å². The molecule has 4 rings (SSSR count). The van der Waals surface area contributed by atoms with Crippen LogP contribution in [0.3, 0.4) is 0 Å². The van der Waals surface area contributed by atoms with Crippen LogP contribution < -0.4 is 16.8 Å². The quantitative estimate of drug-likeness (QED) is 0.266. The Morgan fingerprint density at radius 2 is 1.69 bits per heavy atom. The minimum atomic E-state index is -0.507. The molecule has 26 heavy (non-hydrogen) atoms. The van der Waals surface area contributed by atoms with Crippen LogP contribution >= 0.6 is 0 Å². The second kappa shape index (κ2) is 5.17. The standard InChI is InChI=1S/C19H14N4O3/c1-5-10-6-7-11-9-12-15(20-13(11)8-10)14-16(21(2)17(12)24)22(3)19(26)23(4)18(14)25/h1,6-9H,2-4H3. The molecule has 128 valence electrons. The maximum Gasteiger partial charge on any atom is 0.332 e. The van der Waals surface area contributed by atoms with Crippen LogP contribution in [0.25, 0.3) is 32.8 Å². The summed E-state index contributed by atoms with van der Waals surface area (Å²) in [6.45, 7) is 0. The van der Waals surface area contributed by atoms with Crippen LogP contribution in [0.5, 0.6) is 0 Å². The van der Waals surface area contributed by atoms with Gasteiger partial charge < -0.3 is 0 Å². The highest BCUT2D eigenvalue weighted by atomic mass is 16.2. The summed E-state index contributed by atoms with van der Waals surface area (Å²) in [6.07, 6.45) is 5.45. The highest BCUT2D eigenvalue weighted by Crippen LogP contribution is 2.22. The van der Waals surface area contributed by atoms with Gasteiger partial charge in [0.15, 0.2) is 0 Å². The van der Waals surface area contributed by atoms with Gasteiger partial charge in [0.1, 0.15) is 11.0 Å². The lowest BCUT2D eigenvalue weighted by Crippen LogP contribution is -2.39. The molecule has 3 aromatic heterocycles. The molecular weight excluding hydrogens is 332 g/mol. The molecular formula is C19H14N4O3. The molecule has 0 saturated carbocycles. The predicted molar refractivity (Wildman–Crippen MR) is 100 cm³/mol. The maximum atomic E-state index is 12.8. The van der Waals surface area contributed by atoms with E-state index in [1.54, 1.807) is 24.3 Å². The van der Waals surface area contributed by atoms with Gasteiger partial charge in [-0.2, -0.15) is 0 Å². The van der Waals surface area contributed by atoms with E-state index in [-0.39, 0.29) is 22.1 Å². The second-order valence-corrected chi connectivity index (χ2v) is 6.20. The number of fused-ring (bicyclic) bond motifs is 4. The zero-order valence-electron chi connectivity index (χ0n) is 14.4. The van der Waals surface area contributed by atoms with E-state index in [1.165, 1.54) is 30.3 Å². The molecule has 0 amide bonds. The number of rotatable bonds is 0. The molecule has 0 aliphatic carbocycles. The van der Waals surface area contributed by atoms with Gasteiger partial charge in [0.2, 0.25) is 0 Å². The normalized spacial score (nSPS) is 11.3. The predicted octanol–water partition coefficient (Wildman–Crippen LogP) is 0.619. The van der Waals surface area contributed by atoms with Crippen molar-refractivity contribution in [2.45, 2.75) is 0 Å². The van der Waals surface area contributed by atoms with Crippen LogP contribution in [-0.4, -0.2) is 18.7 Å². The van der Waals surface area contributed by atoms with Gasteiger partial charge in [0, 0.05) is 32.1 Å². The fourth-order valence-electron chi connectivity index (χ4n) is 3.32. The molecule has 0 N–H and O–H groups in total. The third-order valence-electron chi connectivity index (χ3n) is 4.71. The number of benzene rings is 1. The molecule has 7 nitrogen and oxygen atoms in total. The Morgan fingerprint density at radius 3 is 2.38 bits per heavy atom. The fourth-order valence-corrected chi connectivity index (χ4v) is 3.32. The van der Waals surface area contributed by atoms with Gasteiger partial charge in [0.05, 0.1) is 16.4 Å². The first-order chi connectivity index (χ1) is 12.3. The van der Waals surface area contributed by atoms with E-state index in [1.807, 2.05) is 0 Å². The molecule has 0 unspecified atom stereocenters. The van der Waals surface area contributed by atoms with Crippen molar-refractivity contribution in [1.29, 1.82) is 0 Å². The van der Waals surface area contributed by atoms with Crippen LogP contribution in [-0.2, 0) is 21.1 Å². The smallest absolute Gasteiger partial charge is 0.296 e.